The SMILES string of the molecule is C=CCCCCCC(NC(=O)OCCCCC=C)C(=O)N1C[C@](OC)(c2ccc3cc(OC)c(C=C)cc3c2)C[C@H]1C(=O)O. The van der Waals surface area contributed by atoms with Gasteiger partial charge < -0.3 is 29.5 Å². The van der Waals surface area contributed by atoms with Crippen molar-refractivity contribution in [3.8, 4) is 5.75 Å². The topological polar surface area (TPSA) is 114 Å². The first-order valence-corrected chi connectivity index (χ1v) is 15.2. The van der Waals surface area contributed by atoms with Gasteiger partial charge in [0.15, 0.2) is 0 Å². The molecule has 0 saturated carbocycles. The van der Waals surface area contributed by atoms with Crippen LogP contribution in [0.3, 0.4) is 0 Å². The van der Waals surface area contributed by atoms with Gasteiger partial charge in [0, 0.05) is 19.1 Å². The number of likely N-dealkylation sites (tertiary alicyclic amines) is 1. The molecule has 0 spiro atoms. The quantitative estimate of drug-likeness (QED) is 0.145. The third-order valence-electron chi connectivity index (χ3n) is 8.25. The number of rotatable bonds is 18. The number of aliphatic carboxylic acids is 1. The molecule has 0 radical (unpaired) electrons. The van der Waals surface area contributed by atoms with Crippen LogP contribution in [-0.2, 0) is 24.7 Å². The third kappa shape index (κ3) is 8.50. The van der Waals surface area contributed by atoms with Gasteiger partial charge in [0.1, 0.15) is 23.4 Å². The molecule has 238 valence electrons. The lowest BCUT2D eigenvalue weighted by molar-refractivity contribution is -0.149. The first-order valence-electron chi connectivity index (χ1n) is 15.2. The molecule has 1 unspecified atom stereocenters. The molecule has 1 saturated heterocycles. The molecule has 3 rings (SSSR count). The van der Waals surface area contributed by atoms with Gasteiger partial charge in [-0.1, -0.05) is 49.8 Å². The molecular formula is C35H46N2O7. The second-order valence-corrected chi connectivity index (χ2v) is 11.1. The highest BCUT2D eigenvalue weighted by Crippen LogP contribution is 2.41. The van der Waals surface area contributed by atoms with E-state index in [1.165, 1.54) is 12.0 Å². The van der Waals surface area contributed by atoms with Gasteiger partial charge in [-0.3, -0.25) is 4.79 Å². The number of carbonyl (C=O) groups excluding carboxylic acids is 2. The Kier molecular flexibility index (Phi) is 13.0. The number of nitrogens with zero attached hydrogens (tertiary/aromatic N) is 1. The van der Waals surface area contributed by atoms with Gasteiger partial charge in [0.05, 0.1) is 20.3 Å². The minimum atomic E-state index is -1.14. The summed E-state index contributed by atoms with van der Waals surface area (Å²) in [5, 5.41) is 14.8. The van der Waals surface area contributed by atoms with E-state index in [-0.39, 0.29) is 19.6 Å². The highest BCUT2D eigenvalue weighted by atomic mass is 16.5. The van der Waals surface area contributed by atoms with E-state index in [1.54, 1.807) is 13.2 Å². The number of ether oxygens (including phenoxy) is 3. The molecule has 9 nitrogen and oxygen atoms in total. The minimum absolute atomic E-state index is 0.0144. The number of methoxy groups -OCH3 is 2. The lowest BCUT2D eigenvalue weighted by Crippen LogP contribution is -2.52. The van der Waals surface area contributed by atoms with Crippen LogP contribution in [0.1, 0.15) is 68.9 Å². The van der Waals surface area contributed by atoms with Crippen molar-refractivity contribution in [2.45, 2.75) is 75.5 Å². The molecule has 2 aromatic carbocycles. The van der Waals surface area contributed by atoms with Crippen LogP contribution in [0.4, 0.5) is 4.79 Å². The van der Waals surface area contributed by atoms with Crippen LogP contribution in [0.25, 0.3) is 16.8 Å². The summed E-state index contributed by atoms with van der Waals surface area (Å²) in [4.78, 5) is 40.6. The van der Waals surface area contributed by atoms with Crippen LogP contribution in [0.15, 0.2) is 62.2 Å². The third-order valence-corrected chi connectivity index (χ3v) is 8.25. The lowest BCUT2D eigenvalue weighted by Gasteiger charge is -2.30. The van der Waals surface area contributed by atoms with Gasteiger partial charge in [0.25, 0.3) is 0 Å². The predicted octanol–water partition coefficient (Wildman–Crippen LogP) is 6.61. The minimum Gasteiger partial charge on any atom is -0.496 e. The van der Waals surface area contributed by atoms with Crippen LogP contribution < -0.4 is 10.1 Å². The first kappa shape index (κ1) is 34.4. The Morgan fingerprint density at radius 2 is 1.75 bits per heavy atom. The van der Waals surface area contributed by atoms with E-state index >= 15 is 0 Å². The number of hydrogen-bond donors (Lipinski definition) is 2. The van der Waals surface area contributed by atoms with Crippen molar-refractivity contribution in [2.75, 3.05) is 27.4 Å². The number of hydrogen-bond acceptors (Lipinski definition) is 6. The number of fused-ring (bicyclic) bond motifs is 1. The zero-order chi connectivity index (χ0) is 32.1. The Morgan fingerprint density at radius 3 is 2.39 bits per heavy atom. The van der Waals surface area contributed by atoms with Gasteiger partial charge in [-0.2, -0.15) is 0 Å². The van der Waals surface area contributed by atoms with E-state index in [0.717, 1.165) is 54.0 Å². The highest BCUT2D eigenvalue weighted by molar-refractivity contribution is 5.91. The second-order valence-electron chi connectivity index (χ2n) is 11.1. The summed E-state index contributed by atoms with van der Waals surface area (Å²) in [7, 11) is 3.13. The predicted molar refractivity (Wildman–Crippen MR) is 173 cm³/mol. The van der Waals surface area contributed by atoms with Gasteiger partial charge in [-0.15, -0.1) is 13.2 Å². The number of allylic oxidation sites excluding steroid dienone is 2. The van der Waals surface area contributed by atoms with Crippen LogP contribution in [0.2, 0.25) is 0 Å². The summed E-state index contributed by atoms with van der Waals surface area (Å²) in [6, 6.07) is 7.58. The smallest absolute Gasteiger partial charge is 0.407 e. The Balaban J connectivity index is 1.87. The molecule has 0 aliphatic carbocycles. The van der Waals surface area contributed by atoms with E-state index in [4.69, 9.17) is 14.2 Å². The molecule has 9 heteroatoms. The van der Waals surface area contributed by atoms with Crippen LogP contribution in [-0.4, -0.2) is 67.4 Å². The van der Waals surface area contributed by atoms with Gasteiger partial charge in [-0.05, 0) is 73.1 Å². The summed E-state index contributed by atoms with van der Waals surface area (Å²) < 4.78 is 16.8. The lowest BCUT2D eigenvalue weighted by atomic mass is 9.89. The fourth-order valence-electron chi connectivity index (χ4n) is 5.72. The molecule has 2 amide bonds. The Hall–Kier alpha value is -4.11. The van der Waals surface area contributed by atoms with Crippen LogP contribution in [0, 0.1) is 0 Å². The van der Waals surface area contributed by atoms with E-state index < -0.39 is 35.7 Å². The van der Waals surface area contributed by atoms with Crippen LogP contribution in [0.5, 0.6) is 5.75 Å². The van der Waals surface area contributed by atoms with E-state index in [1.807, 2.05) is 42.5 Å². The standard InChI is InChI=1S/C35H46N2O7/c1-6-9-11-13-14-16-29(36-34(41)44-19-15-12-10-7-2)32(38)37-24-35(43-5,23-30(37)33(39)40)28-18-17-26-22-31(42-4)25(8-3)20-27(26)21-28/h6-8,17-18,20-22,29-30H,1-3,9-16,19,23-24H2,4-5H3,(H,36,41)(H,39,40)/t29?,30-,35-/m0/s1. The van der Waals surface area contributed by atoms with Crippen molar-refractivity contribution in [3.63, 3.8) is 0 Å². The number of carbonyl (C=O) groups is 3. The van der Waals surface area contributed by atoms with E-state index in [2.05, 4.69) is 25.1 Å². The second kappa shape index (κ2) is 16.7. The molecule has 1 heterocycles. The number of unbranched alkanes of at least 4 members (excludes halogenated alkanes) is 5. The Labute approximate surface area is 260 Å². The molecular weight excluding hydrogens is 560 g/mol. The molecule has 3 atom stereocenters. The largest absolute Gasteiger partial charge is 0.496 e. The summed E-state index contributed by atoms with van der Waals surface area (Å²) in [6.45, 7) is 11.5. The highest BCUT2D eigenvalue weighted by Gasteiger charge is 2.51. The zero-order valence-electron chi connectivity index (χ0n) is 26.0. The molecule has 1 aliphatic rings. The monoisotopic (exact) mass is 606 g/mol. The summed E-state index contributed by atoms with van der Waals surface area (Å²) in [5.74, 6) is -0.905. The van der Waals surface area contributed by atoms with Crippen molar-refractivity contribution >= 4 is 34.8 Å². The average Bonchev–Trinajstić information content (AvgIpc) is 3.44. The molecule has 44 heavy (non-hydrogen) atoms. The van der Waals surface area contributed by atoms with Gasteiger partial charge in [-0.25, -0.2) is 9.59 Å². The van der Waals surface area contributed by atoms with E-state index in [0.29, 0.717) is 25.0 Å². The Bertz CT molecular complexity index is 1340. The maximum Gasteiger partial charge on any atom is 0.407 e. The summed E-state index contributed by atoms with van der Waals surface area (Å²) >= 11 is 0. The molecule has 1 fully saturated rings. The summed E-state index contributed by atoms with van der Waals surface area (Å²) in [6.07, 6.45) is 10.7. The molecule has 0 aromatic heterocycles. The number of alkyl carbamates (subject to hydrolysis) is 1. The van der Waals surface area contributed by atoms with Crippen molar-refractivity contribution < 1.29 is 33.7 Å². The maximum atomic E-state index is 14.0. The average molecular weight is 607 g/mol. The van der Waals surface area contributed by atoms with E-state index in [9.17, 15) is 19.5 Å². The number of benzene rings is 2. The fraction of sp³-hybridized carbons (Fsp3) is 0.457. The fourth-order valence-corrected chi connectivity index (χ4v) is 5.72. The molecule has 2 aromatic rings. The van der Waals surface area contributed by atoms with Crippen molar-refractivity contribution in [2.24, 2.45) is 0 Å². The molecule has 0 bridgehead atoms. The normalized spacial score (nSPS) is 18.4. The number of amides is 2. The number of nitrogens with one attached hydrogen (secondary N) is 1. The summed E-state index contributed by atoms with van der Waals surface area (Å²) in [5.41, 5.74) is 0.508. The van der Waals surface area contributed by atoms with Crippen molar-refractivity contribution in [1.29, 1.82) is 0 Å². The van der Waals surface area contributed by atoms with Crippen LogP contribution >= 0.6 is 0 Å². The molecule has 1 aliphatic heterocycles. The van der Waals surface area contributed by atoms with Gasteiger partial charge >= 0.3 is 12.1 Å². The van der Waals surface area contributed by atoms with Crippen molar-refractivity contribution in [1.82, 2.24) is 10.2 Å². The maximum absolute atomic E-state index is 14.0. The van der Waals surface area contributed by atoms with Crippen molar-refractivity contribution in [3.05, 3.63) is 73.3 Å². The molecule has 2 N–H and O–H groups in total. The zero-order valence-corrected chi connectivity index (χ0v) is 26.0. The number of carboxylic acid groups (broad SMARTS) is 1. The first-order chi connectivity index (χ1) is 21.2. The number of carboxylic acids is 1. The Morgan fingerprint density at radius 1 is 1.02 bits per heavy atom. The van der Waals surface area contributed by atoms with Gasteiger partial charge in [0.2, 0.25) is 5.91 Å².